The van der Waals surface area contributed by atoms with Crippen LogP contribution in [0.2, 0.25) is 0 Å². The smallest absolute Gasteiger partial charge is 0.255 e. The quantitative estimate of drug-likeness (QED) is 0.816. The van der Waals surface area contributed by atoms with E-state index < -0.39 is 0 Å². The molecule has 2 bridgehead atoms. The number of nitrogens with zero attached hydrogens (tertiary/aromatic N) is 5. The van der Waals surface area contributed by atoms with Crippen LogP contribution in [0.4, 0.5) is 0 Å². The number of amides is 1. The fraction of sp³-hybridized carbons (Fsp3) is 0.400. The van der Waals surface area contributed by atoms with Crippen molar-refractivity contribution in [2.24, 2.45) is 4.99 Å². The number of benzene rings is 1. The lowest BCUT2D eigenvalue weighted by atomic mass is 9.98. The summed E-state index contributed by atoms with van der Waals surface area (Å²) < 4.78 is 7.89. The van der Waals surface area contributed by atoms with Crippen LogP contribution in [0.5, 0.6) is 0 Å². The standard InChI is InChI=1S/C20H21N5O2/c1-12-5-3-6-15(13(12)2)20(26)25-14-9-24-18(16-7-4-8-21-16)22-23-19(24)17(25)11-27-10-14/h3-7,14,17H,8-11H2,1-2H3/t14-,17-/m1/s1. The highest BCUT2D eigenvalue weighted by Crippen LogP contribution is 2.34. The second-order valence-corrected chi connectivity index (χ2v) is 7.29. The second kappa shape index (κ2) is 6.13. The van der Waals surface area contributed by atoms with Crippen LogP contribution in [-0.4, -0.2) is 57.1 Å². The Morgan fingerprint density at radius 3 is 2.93 bits per heavy atom. The summed E-state index contributed by atoms with van der Waals surface area (Å²) in [4.78, 5) is 19.9. The van der Waals surface area contributed by atoms with Gasteiger partial charge in [0.1, 0.15) is 11.8 Å². The second-order valence-electron chi connectivity index (χ2n) is 7.29. The average Bonchev–Trinajstić information content (AvgIpc) is 3.32. The number of hydrogen-bond donors (Lipinski definition) is 0. The first kappa shape index (κ1) is 16.4. The Balaban J connectivity index is 1.56. The predicted molar refractivity (Wildman–Crippen MR) is 100.0 cm³/mol. The third-order valence-electron chi connectivity index (χ3n) is 5.73. The third kappa shape index (κ3) is 2.45. The van der Waals surface area contributed by atoms with Crippen LogP contribution in [0.25, 0.3) is 0 Å². The summed E-state index contributed by atoms with van der Waals surface area (Å²) in [5.74, 6) is 1.61. The molecule has 7 nitrogen and oxygen atoms in total. The van der Waals surface area contributed by atoms with Gasteiger partial charge in [-0.2, -0.15) is 0 Å². The molecular formula is C20H21N5O2. The number of ether oxygens (including phenoxy) is 1. The van der Waals surface area contributed by atoms with Crippen molar-refractivity contribution in [3.05, 3.63) is 58.7 Å². The molecule has 7 heteroatoms. The molecule has 0 aliphatic carbocycles. The van der Waals surface area contributed by atoms with Crippen LogP contribution in [0.1, 0.15) is 39.2 Å². The lowest BCUT2D eigenvalue weighted by Crippen LogP contribution is -2.56. The van der Waals surface area contributed by atoms with Gasteiger partial charge in [0.05, 0.1) is 25.8 Å². The van der Waals surface area contributed by atoms with E-state index in [2.05, 4.69) is 19.8 Å². The maximum absolute atomic E-state index is 13.4. The van der Waals surface area contributed by atoms with Gasteiger partial charge in [-0.15, -0.1) is 10.2 Å². The summed E-state index contributed by atoms with van der Waals surface area (Å²) in [6, 6.07) is 5.62. The monoisotopic (exact) mass is 363 g/mol. The predicted octanol–water partition coefficient (Wildman–Crippen LogP) is 1.85. The molecule has 1 aromatic carbocycles. The van der Waals surface area contributed by atoms with Crippen molar-refractivity contribution in [1.82, 2.24) is 19.7 Å². The number of aryl methyl sites for hydroxylation is 1. The van der Waals surface area contributed by atoms with Gasteiger partial charge in [0.15, 0.2) is 11.6 Å². The molecule has 0 spiro atoms. The topological polar surface area (TPSA) is 72.6 Å². The maximum atomic E-state index is 13.4. The van der Waals surface area contributed by atoms with Gasteiger partial charge >= 0.3 is 0 Å². The van der Waals surface area contributed by atoms with E-state index in [4.69, 9.17) is 4.74 Å². The van der Waals surface area contributed by atoms with Crippen LogP contribution in [0.15, 0.2) is 35.3 Å². The molecule has 1 saturated heterocycles. The maximum Gasteiger partial charge on any atom is 0.255 e. The third-order valence-corrected chi connectivity index (χ3v) is 5.73. The lowest BCUT2D eigenvalue weighted by molar-refractivity contribution is -0.0572. The van der Waals surface area contributed by atoms with E-state index in [9.17, 15) is 4.79 Å². The summed E-state index contributed by atoms with van der Waals surface area (Å²) in [7, 11) is 0. The van der Waals surface area contributed by atoms with Gasteiger partial charge in [-0.1, -0.05) is 18.2 Å². The highest BCUT2D eigenvalue weighted by Gasteiger charge is 2.44. The molecule has 4 heterocycles. The molecule has 0 saturated carbocycles. The van der Waals surface area contributed by atoms with Gasteiger partial charge in [-0.05, 0) is 37.1 Å². The summed E-state index contributed by atoms with van der Waals surface area (Å²) in [5, 5.41) is 8.79. The Morgan fingerprint density at radius 1 is 1.22 bits per heavy atom. The van der Waals surface area contributed by atoms with E-state index in [1.807, 2.05) is 49.1 Å². The van der Waals surface area contributed by atoms with E-state index in [1.54, 1.807) is 0 Å². The van der Waals surface area contributed by atoms with Gasteiger partial charge in [0, 0.05) is 12.1 Å². The lowest BCUT2D eigenvalue weighted by Gasteiger charge is -2.45. The van der Waals surface area contributed by atoms with Crippen molar-refractivity contribution in [3.63, 3.8) is 0 Å². The molecule has 1 fully saturated rings. The number of aliphatic imine (C=N–C) groups is 1. The van der Waals surface area contributed by atoms with E-state index >= 15 is 0 Å². The Hall–Kier alpha value is -2.80. The number of allylic oxidation sites excluding steroid dienone is 1. The molecular weight excluding hydrogens is 342 g/mol. The van der Waals surface area contributed by atoms with Crippen LogP contribution < -0.4 is 0 Å². The number of rotatable bonds is 2. The number of fused-ring (bicyclic) bond motifs is 4. The van der Waals surface area contributed by atoms with Crippen LogP contribution >= 0.6 is 0 Å². The van der Waals surface area contributed by atoms with E-state index in [-0.39, 0.29) is 18.0 Å². The number of morpholine rings is 1. The summed E-state index contributed by atoms with van der Waals surface area (Å²) in [6.07, 6.45) is 4.00. The summed E-state index contributed by atoms with van der Waals surface area (Å²) in [5.41, 5.74) is 3.76. The van der Waals surface area contributed by atoms with Crippen molar-refractivity contribution in [2.45, 2.75) is 32.5 Å². The highest BCUT2D eigenvalue weighted by molar-refractivity contribution is 6.07. The minimum Gasteiger partial charge on any atom is -0.377 e. The Kier molecular flexibility index (Phi) is 3.72. The van der Waals surface area contributed by atoms with Crippen molar-refractivity contribution >= 4 is 11.6 Å². The Morgan fingerprint density at radius 2 is 2.11 bits per heavy atom. The normalized spacial score (nSPS) is 23.3. The molecule has 3 aliphatic heterocycles. The van der Waals surface area contributed by atoms with Gasteiger partial charge in [0.2, 0.25) is 0 Å². The van der Waals surface area contributed by atoms with Crippen LogP contribution in [0.3, 0.4) is 0 Å². The van der Waals surface area contributed by atoms with E-state index in [0.29, 0.717) is 26.3 Å². The first-order valence-electron chi connectivity index (χ1n) is 9.26. The summed E-state index contributed by atoms with van der Waals surface area (Å²) >= 11 is 0. The van der Waals surface area contributed by atoms with Gasteiger partial charge in [-0.3, -0.25) is 9.79 Å². The molecule has 2 atom stereocenters. The Bertz CT molecular complexity index is 990. The molecule has 138 valence electrons. The minimum absolute atomic E-state index is 0.0376. The Labute approximate surface area is 157 Å². The van der Waals surface area contributed by atoms with E-state index in [1.165, 1.54) is 0 Å². The van der Waals surface area contributed by atoms with Crippen molar-refractivity contribution in [2.75, 3.05) is 19.8 Å². The van der Waals surface area contributed by atoms with Crippen LogP contribution in [-0.2, 0) is 11.3 Å². The molecule has 1 aromatic heterocycles. The van der Waals surface area contributed by atoms with Crippen LogP contribution in [0, 0.1) is 13.8 Å². The number of carbonyl (C=O) groups excluding carboxylic acids is 1. The first-order valence-corrected chi connectivity index (χ1v) is 9.26. The first-order chi connectivity index (χ1) is 13.1. The molecule has 1 amide bonds. The van der Waals surface area contributed by atoms with Crippen molar-refractivity contribution in [3.8, 4) is 0 Å². The zero-order valence-corrected chi connectivity index (χ0v) is 15.4. The molecule has 0 unspecified atom stereocenters. The van der Waals surface area contributed by atoms with Crippen molar-refractivity contribution < 1.29 is 9.53 Å². The molecule has 0 radical (unpaired) electrons. The molecule has 5 rings (SSSR count). The number of hydrogen-bond acceptors (Lipinski definition) is 5. The number of aromatic nitrogens is 3. The van der Waals surface area contributed by atoms with E-state index in [0.717, 1.165) is 34.1 Å². The van der Waals surface area contributed by atoms with Gasteiger partial charge in [0.25, 0.3) is 5.91 Å². The fourth-order valence-corrected chi connectivity index (χ4v) is 4.15. The molecule has 3 aliphatic rings. The zero-order chi connectivity index (χ0) is 18.5. The SMILES string of the molecule is Cc1cccc(C(=O)N2[C@H]3COC[C@@H]2c2nnc(C4=NCC=C4)n2C3)c1C. The zero-order valence-electron chi connectivity index (χ0n) is 15.4. The molecule has 0 N–H and O–H groups in total. The average molecular weight is 363 g/mol. The summed E-state index contributed by atoms with van der Waals surface area (Å²) in [6.45, 7) is 6.30. The molecule has 2 aromatic rings. The van der Waals surface area contributed by atoms with Gasteiger partial charge in [-0.25, -0.2) is 0 Å². The minimum atomic E-state index is -0.225. The number of carbonyl (C=O) groups is 1. The van der Waals surface area contributed by atoms with Gasteiger partial charge < -0.3 is 14.2 Å². The fourth-order valence-electron chi connectivity index (χ4n) is 4.15. The van der Waals surface area contributed by atoms with Crippen molar-refractivity contribution in [1.29, 1.82) is 0 Å². The largest absolute Gasteiger partial charge is 0.377 e. The molecule has 27 heavy (non-hydrogen) atoms. The highest BCUT2D eigenvalue weighted by atomic mass is 16.5.